The quantitative estimate of drug-likeness (QED) is 0.405. The molecule has 8 nitrogen and oxygen atoms in total. The van der Waals surface area contributed by atoms with Crippen LogP contribution in [0.25, 0.3) is 21.9 Å². The van der Waals surface area contributed by atoms with E-state index in [1.807, 2.05) is 18.2 Å². The van der Waals surface area contributed by atoms with Gasteiger partial charge in [0.05, 0.1) is 15.9 Å². The molecule has 0 bridgehead atoms. The summed E-state index contributed by atoms with van der Waals surface area (Å²) in [5, 5.41) is 6.68. The number of hydrogen-bond acceptors (Lipinski definition) is 8. The number of hydrogen-bond donors (Lipinski definition) is 3. The molecule has 2 atom stereocenters. The van der Waals surface area contributed by atoms with E-state index >= 15 is 0 Å². The van der Waals surface area contributed by atoms with Crippen molar-refractivity contribution in [3.63, 3.8) is 0 Å². The van der Waals surface area contributed by atoms with E-state index in [1.54, 1.807) is 0 Å². The zero-order valence-corrected chi connectivity index (χ0v) is 18.5. The van der Waals surface area contributed by atoms with Gasteiger partial charge in [0.1, 0.15) is 23.6 Å². The molecule has 0 spiro atoms. The van der Waals surface area contributed by atoms with Crippen LogP contribution in [0.4, 0.5) is 11.6 Å². The summed E-state index contributed by atoms with van der Waals surface area (Å²) in [4.78, 5) is 24.9. The van der Waals surface area contributed by atoms with E-state index in [1.165, 1.54) is 18.1 Å². The van der Waals surface area contributed by atoms with Crippen molar-refractivity contribution in [2.45, 2.75) is 29.4 Å². The van der Waals surface area contributed by atoms with Gasteiger partial charge in [-0.05, 0) is 36.4 Å². The van der Waals surface area contributed by atoms with Gasteiger partial charge in [-0.15, -0.1) is 0 Å². The Bertz CT molecular complexity index is 1310. The second kappa shape index (κ2) is 7.22. The molecule has 0 amide bonds. The summed E-state index contributed by atoms with van der Waals surface area (Å²) in [5.41, 5.74) is 8.54. The molecule has 1 aromatic carbocycles. The maximum Gasteiger partial charge on any atom is 0.196 e. The first-order chi connectivity index (χ1) is 15.1. The van der Waals surface area contributed by atoms with Crippen LogP contribution in [0.3, 0.4) is 0 Å². The van der Waals surface area contributed by atoms with Crippen molar-refractivity contribution in [2.24, 2.45) is 5.92 Å². The van der Waals surface area contributed by atoms with E-state index in [-0.39, 0.29) is 0 Å². The summed E-state index contributed by atoms with van der Waals surface area (Å²) in [7, 11) is 0. The number of halogens is 1. The van der Waals surface area contributed by atoms with Crippen molar-refractivity contribution in [1.82, 2.24) is 30.2 Å². The monoisotopic (exact) mass is 452 g/mol. The molecular weight excluding hydrogens is 432 g/mol. The Hall–Kier alpha value is -2.62. The van der Waals surface area contributed by atoms with Gasteiger partial charge in [0.2, 0.25) is 0 Å². The molecule has 31 heavy (non-hydrogen) atoms. The molecule has 2 aliphatic heterocycles. The van der Waals surface area contributed by atoms with Gasteiger partial charge < -0.3 is 20.9 Å². The van der Waals surface area contributed by atoms with Crippen LogP contribution in [0.5, 0.6) is 0 Å². The Morgan fingerprint density at radius 3 is 2.90 bits per heavy atom. The highest BCUT2D eigenvalue weighted by Crippen LogP contribution is 2.39. The number of aryl methyl sites for hydroxylation is 1. The molecule has 4 aromatic rings. The van der Waals surface area contributed by atoms with Crippen LogP contribution in [0.2, 0.25) is 5.02 Å². The molecule has 4 N–H and O–H groups in total. The van der Waals surface area contributed by atoms with Crippen LogP contribution >= 0.6 is 23.4 Å². The summed E-state index contributed by atoms with van der Waals surface area (Å²) < 4.78 is 0. The predicted molar refractivity (Wildman–Crippen MR) is 124 cm³/mol. The van der Waals surface area contributed by atoms with E-state index in [0.29, 0.717) is 22.9 Å². The zero-order chi connectivity index (χ0) is 21.1. The van der Waals surface area contributed by atoms with Gasteiger partial charge in [-0.3, -0.25) is 0 Å². The van der Waals surface area contributed by atoms with Crippen molar-refractivity contribution in [3.8, 4) is 0 Å². The fourth-order valence-electron chi connectivity index (χ4n) is 4.44. The highest BCUT2D eigenvalue weighted by atomic mass is 35.5. The summed E-state index contributed by atoms with van der Waals surface area (Å²) in [5.74, 6) is 2.07. The molecule has 6 rings (SSSR count). The van der Waals surface area contributed by atoms with Crippen molar-refractivity contribution in [2.75, 3.05) is 30.3 Å². The van der Waals surface area contributed by atoms with E-state index in [0.717, 1.165) is 69.4 Å². The van der Waals surface area contributed by atoms with Gasteiger partial charge in [-0.1, -0.05) is 18.5 Å². The number of aromatic nitrogens is 5. The van der Waals surface area contributed by atoms with Crippen LogP contribution in [-0.2, 0) is 6.42 Å². The van der Waals surface area contributed by atoms with E-state index < -0.39 is 0 Å². The van der Waals surface area contributed by atoms with Crippen LogP contribution in [0.1, 0.15) is 12.6 Å². The molecule has 2 unspecified atom stereocenters. The van der Waals surface area contributed by atoms with Crippen LogP contribution in [0.15, 0.2) is 34.6 Å². The van der Waals surface area contributed by atoms with E-state index in [9.17, 15) is 0 Å². The minimum absolute atomic E-state index is 0.479. The molecule has 5 heterocycles. The van der Waals surface area contributed by atoms with Crippen LogP contribution in [-0.4, -0.2) is 50.6 Å². The number of H-pyrrole nitrogens is 1. The first kappa shape index (κ1) is 19.1. The number of nitrogens with one attached hydrogen (secondary N) is 2. The van der Waals surface area contributed by atoms with E-state index in [4.69, 9.17) is 27.3 Å². The minimum atomic E-state index is 0.479. The molecular formula is C21H21ClN8S. The Morgan fingerprint density at radius 2 is 2.16 bits per heavy atom. The van der Waals surface area contributed by atoms with Crippen molar-refractivity contribution in [3.05, 3.63) is 35.2 Å². The van der Waals surface area contributed by atoms with Crippen LogP contribution in [0, 0.1) is 5.92 Å². The third-order valence-corrected chi connectivity index (χ3v) is 7.48. The van der Waals surface area contributed by atoms with Gasteiger partial charge in [0, 0.05) is 47.6 Å². The van der Waals surface area contributed by atoms with Crippen molar-refractivity contribution in [1.29, 1.82) is 0 Å². The lowest BCUT2D eigenvalue weighted by atomic mass is 9.96. The number of aromatic amines is 1. The molecule has 0 saturated carbocycles. The van der Waals surface area contributed by atoms with Gasteiger partial charge >= 0.3 is 0 Å². The summed E-state index contributed by atoms with van der Waals surface area (Å²) in [6.45, 7) is 5.08. The number of anilines is 2. The fraction of sp³-hybridized carbons (Fsp3) is 0.333. The summed E-state index contributed by atoms with van der Waals surface area (Å²) in [6.07, 6.45) is 2.30. The Morgan fingerprint density at radius 1 is 1.26 bits per heavy atom. The van der Waals surface area contributed by atoms with Crippen molar-refractivity contribution < 1.29 is 0 Å². The third-order valence-electron chi connectivity index (χ3n) is 6.21. The SMILES string of the molecule is CCc1[nH]c2nc(Sc3ccc4c(N)ncnc4c3)nc(N3CC4CNC4C3)c2c1Cl. The molecule has 2 saturated heterocycles. The first-order valence-electron chi connectivity index (χ1n) is 10.3. The number of rotatable bonds is 4. The lowest BCUT2D eigenvalue weighted by molar-refractivity contribution is 0.297. The Labute approximate surface area is 188 Å². The number of benzene rings is 1. The molecule has 2 fully saturated rings. The topological polar surface area (TPSA) is 109 Å². The molecule has 2 aliphatic rings. The largest absolute Gasteiger partial charge is 0.383 e. The fourth-order valence-corrected chi connectivity index (χ4v) is 5.58. The third kappa shape index (κ3) is 3.10. The van der Waals surface area contributed by atoms with E-state index in [2.05, 4.69) is 32.1 Å². The molecule has 10 heteroatoms. The number of fused-ring (bicyclic) bond motifs is 3. The average Bonchev–Trinajstić information content (AvgIpc) is 3.23. The number of nitrogen functional groups attached to an aromatic ring is 1. The van der Waals surface area contributed by atoms with Gasteiger partial charge in [0.25, 0.3) is 0 Å². The Kier molecular flexibility index (Phi) is 4.45. The maximum atomic E-state index is 6.74. The standard InChI is InChI=1S/C21H21ClN8S/c1-2-13-17(22)16-19(27-13)28-21(29-20(16)30-7-10-6-24-15(10)8-30)31-11-3-4-12-14(5-11)25-9-26-18(12)23/h3-5,9-10,15,24H,2,6-8H2,1H3,(H2,23,25,26)(H,27,28,29). The van der Waals surface area contributed by atoms with Gasteiger partial charge in [-0.2, -0.15) is 0 Å². The first-order valence-corrected chi connectivity index (χ1v) is 11.5. The molecule has 0 radical (unpaired) electrons. The predicted octanol–water partition coefficient (Wildman–Crippen LogP) is 3.26. The normalized spacial score (nSPS) is 20.4. The minimum Gasteiger partial charge on any atom is -0.383 e. The average molecular weight is 453 g/mol. The highest BCUT2D eigenvalue weighted by Gasteiger charge is 2.40. The van der Waals surface area contributed by atoms with Crippen molar-refractivity contribution >= 4 is 56.9 Å². The Balaban J connectivity index is 1.43. The lowest BCUT2D eigenvalue weighted by Crippen LogP contribution is -2.51. The molecule has 3 aromatic heterocycles. The maximum absolute atomic E-state index is 6.74. The smallest absolute Gasteiger partial charge is 0.196 e. The zero-order valence-electron chi connectivity index (χ0n) is 16.9. The molecule has 158 valence electrons. The van der Waals surface area contributed by atoms with Gasteiger partial charge in [-0.25, -0.2) is 19.9 Å². The number of nitrogens with zero attached hydrogens (tertiary/aromatic N) is 5. The summed E-state index contributed by atoms with van der Waals surface area (Å²) in [6, 6.07) is 6.47. The van der Waals surface area contributed by atoms with Crippen LogP contribution < -0.4 is 16.0 Å². The van der Waals surface area contributed by atoms with Gasteiger partial charge in [0.15, 0.2) is 5.16 Å². The second-order valence-corrected chi connectivity index (χ2v) is 9.46. The lowest BCUT2D eigenvalue weighted by Gasteiger charge is -2.29. The highest BCUT2D eigenvalue weighted by molar-refractivity contribution is 7.99. The summed E-state index contributed by atoms with van der Waals surface area (Å²) >= 11 is 8.24. The molecule has 0 aliphatic carbocycles. The number of nitrogens with two attached hydrogens (primary N) is 1. The second-order valence-electron chi connectivity index (χ2n) is 8.04.